The average Bonchev–Trinajstić information content (AvgIpc) is 2.96. The van der Waals surface area contributed by atoms with E-state index in [9.17, 15) is 14.4 Å². The van der Waals surface area contributed by atoms with Gasteiger partial charge in [-0.15, -0.1) is 0 Å². The lowest BCUT2D eigenvalue weighted by Crippen LogP contribution is -2.48. The molecule has 2 fully saturated rings. The minimum Gasteiger partial charge on any atom is -0.441 e. The number of hydrogen-bond donors (Lipinski definition) is 0. The molecule has 0 radical (unpaired) electrons. The fourth-order valence-corrected chi connectivity index (χ4v) is 3.87. The highest BCUT2D eigenvalue weighted by Gasteiger charge is 2.47. The van der Waals surface area contributed by atoms with Crippen molar-refractivity contribution in [2.24, 2.45) is 7.05 Å². The van der Waals surface area contributed by atoms with E-state index in [1.54, 1.807) is 24.2 Å². The van der Waals surface area contributed by atoms with E-state index in [0.29, 0.717) is 38.0 Å². The number of rotatable bonds is 6. The molecule has 2 aliphatic rings. The topological polar surface area (TPSA) is 71.8 Å². The number of carbonyl (C=O) groups is 2. The second kappa shape index (κ2) is 8.15. The number of carbonyl (C=O) groups excluding carboxylic acids is 2. The van der Waals surface area contributed by atoms with Gasteiger partial charge in [0.15, 0.2) is 0 Å². The maximum Gasteiger partial charge on any atom is 0.410 e. The normalized spacial score (nSPS) is 18.8. The van der Waals surface area contributed by atoms with Crippen LogP contribution in [0.5, 0.6) is 0 Å². The molecule has 0 aromatic carbocycles. The first kappa shape index (κ1) is 19.5. The predicted octanol–water partition coefficient (Wildman–Crippen LogP) is 2.39. The minimum atomic E-state index is -0.456. The Labute approximate surface area is 159 Å². The monoisotopic (exact) mass is 375 g/mol. The molecule has 0 saturated carbocycles. The van der Waals surface area contributed by atoms with Crippen LogP contribution in [-0.2, 0) is 11.8 Å². The van der Waals surface area contributed by atoms with Gasteiger partial charge in [-0.25, -0.2) is 4.79 Å². The Morgan fingerprint density at radius 2 is 1.89 bits per heavy atom. The summed E-state index contributed by atoms with van der Waals surface area (Å²) in [6.45, 7) is 4.65. The van der Waals surface area contributed by atoms with Crippen LogP contribution in [0.1, 0.15) is 55.8 Å². The summed E-state index contributed by atoms with van der Waals surface area (Å²) in [5, 5.41) is 0. The zero-order valence-corrected chi connectivity index (χ0v) is 16.3. The van der Waals surface area contributed by atoms with Crippen LogP contribution in [-0.4, -0.2) is 58.1 Å². The van der Waals surface area contributed by atoms with Crippen molar-refractivity contribution in [1.29, 1.82) is 0 Å². The first-order valence-electron chi connectivity index (χ1n) is 9.88. The highest BCUT2D eigenvalue weighted by molar-refractivity contribution is 5.94. The van der Waals surface area contributed by atoms with Gasteiger partial charge >= 0.3 is 6.09 Å². The standard InChI is InChI=1S/C20H29N3O4/c1-3-4-5-6-11-23-15-20(27-19(23)26)9-12-22(13-10-20)18(25)16-7-8-17(24)21(2)14-16/h7-8,14H,3-6,9-13,15H2,1-2H3. The van der Waals surface area contributed by atoms with Crippen LogP contribution < -0.4 is 5.56 Å². The number of unbranched alkanes of at least 4 members (excludes halogenated alkanes) is 3. The Morgan fingerprint density at radius 1 is 1.15 bits per heavy atom. The molecule has 148 valence electrons. The molecule has 2 amide bonds. The Balaban J connectivity index is 1.55. The van der Waals surface area contributed by atoms with E-state index in [4.69, 9.17) is 4.74 Å². The van der Waals surface area contributed by atoms with Crippen LogP contribution in [0.25, 0.3) is 0 Å². The van der Waals surface area contributed by atoms with Gasteiger partial charge in [-0.05, 0) is 12.5 Å². The van der Waals surface area contributed by atoms with Gasteiger partial charge in [0, 0.05) is 51.8 Å². The first-order chi connectivity index (χ1) is 12.9. The number of ether oxygens (including phenoxy) is 1. The molecule has 0 atom stereocenters. The van der Waals surface area contributed by atoms with Gasteiger partial charge in [-0.1, -0.05) is 26.2 Å². The molecule has 7 nitrogen and oxygen atoms in total. The average molecular weight is 375 g/mol. The SMILES string of the molecule is CCCCCCN1CC2(CCN(C(=O)c3ccc(=O)n(C)c3)CC2)OC1=O. The first-order valence-corrected chi connectivity index (χ1v) is 9.88. The lowest BCUT2D eigenvalue weighted by atomic mass is 9.91. The summed E-state index contributed by atoms with van der Waals surface area (Å²) >= 11 is 0. The number of aromatic nitrogens is 1. The van der Waals surface area contributed by atoms with Crippen LogP contribution in [0, 0.1) is 0 Å². The number of likely N-dealkylation sites (tertiary alicyclic amines) is 1. The predicted molar refractivity (Wildman–Crippen MR) is 102 cm³/mol. The van der Waals surface area contributed by atoms with Gasteiger partial charge in [0.1, 0.15) is 5.60 Å². The quantitative estimate of drug-likeness (QED) is 0.716. The number of piperidine rings is 1. The summed E-state index contributed by atoms with van der Waals surface area (Å²) in [5.41, 5.74) is -0.0858. The van der Waals surface area contributed by atoms with Crippen LogP contribution in [0.3, 0.4) is 0 Å². The van der Waals surface area contributed by atoms with Gasteiger partial charge in [0.05, 0.1) is 12.1 Å². The molecule has 3 heterocycles. The van der Waals surface area contributed by atoms with Gasteiger partial charge in [-0.2, -0.15) is 0 Å². The summed E-state index contributed by atoms with van der Waals surface area (Å²) in [6.07, 6.45) is 7.17. The Kier molecular flexibility index (Phi) is 5.87. The van der Waals surface area contributed by atoms with E-state index in [1.165, 1.54) is 23.5 Å². The summed E-state index contributed by atoms with van der Waals surface area (Å²) in [5.74, 6) is -0.0822. The molecule has 0 unspecified atom stereocenters. The maximum atomic E-state index is 12.7. The molecule has 1 aromatic rings. The Morgan fingerprint density at radius 3 is 2.56 bits per heavy atom. The smallest absolute Gasteiger partial charge is 0.410 e. The van der Waals surface area contributed by atoms with Gasteiger partial charge < -0.3 is 19.1 Å². The van der Waals surface area contributed by atoms with Crippen molar-refractivity contribution in [3.8, 4) is 0 Å². The third-order valence-corrected chi connectivity index (χ3v) is 5.62. The Bertz CT molecular complexity index is 750. The van der Waals surface area contributed by atoms with Gasteiger partial charge in [0.2, 0.25) is 5.56 Å². The molecule has 2 aliphatic heterocycles. The van der Waals surface area contributed by atoms with E-state index in [0.717, 1.165) is 19.4 Å². The van der Waals surface area contributed by atoms with E-state index in [1.807, 2.05) is 4.90 Å². The van der Waals surface area contributed by atoms with Crippen LogP contribution in [0.15, 0.2) is 23.1 Å². The second-order valence-electron chi connectivity index (χ2n) is 7.69. The number of pyridine rings is 1. The van der Waals surface area contributed by atoms with Crippen LogP contribution in [0.2, 0.25) is 0 Å². The molecular formula is C20H29N3O4. The third kappa shape index (κ3) is 4.34. The Hall–Kier alpha value is -2.31. The lowest BCUT2D eigenvalue weighted by Gasteiger charge is -2.37. The number of amides is 2. The van der Waals surface area contributed by atoms with Crippen LogP contribution >= 0.6 is 0 Å². The number of nitrogens with zero attached hydrogens (tertiary/aromatic N) is 3. The van der Waals surface area contributed by atoms with Crippen molar-refractivity contribution >= 4 is 12.0 Å². The van der Waals surface area contributed by atoms with Crippen molar-refractivity contribution in [2.75, 3.05) is 26.2 Å². The minimum absolute atomic E-state index is 0.0822. The molecule has 2 saturated heterocycles. The van der Waals surface area contributed by atoms with E-state index in [-0.39, 0.29) is 17.6 Å². The zero-order chi connectivity index (χ0) is 19.4. The molecule has 1 aromatic heterocycles. The third-order valence-electron chi connectivity index (χ3n) is 5.62. The largest absolute Gasteiger partial charge is 0.441 e. The fraction of sp³-hybridized carbons (Fsp3) is 0.650. The lowest BCUT2D eigenvalue weighted by molar-refractivity contribution is 0.00311. The number of aryl methyl sites for hydroxylation is 1. The fourth-order valence-electron chi connectivity index (χ4n) is 3.87. The summed E-state index contributed by atoms with van der Waals surface area (Å²) in [7, 11) is 1.64. The maximum absolute atomic E-state index is 12.7. The summed E-state index contributed by atoms with van der Waals surface area (Å²) in [4.78, 5) is 40.0. The number of hydrogen-bond acceptors (Lipinski definition) is 4. The molecule has 27 heavy (non-hydrogen) atoms. The van der Waals surface area contributed by atoms with E-state index >= 15 is 0 Å². The molecule has 3 rings (SSSR count). The van der Waals surface area contributed by atoms with Gasteiger partial charge in [-0.3, -0.25) is 9.59 Å². The summed E-state index contributed by atoms with van der Waals surface area (Å²) < 4.78 is 7.14. The van der Waals surface area contributed by atoms with E-state index in [2.05, 4.69) is 6.92 Å². The van der Waals surface area contributed by atoms with Crippen molar-refractivity contribution < 1.29 is 14.3 Å². The molecule has 1 spiro atoms. The van der Waals surface area contributed by atoms with Crippen LogP contribution in [0.4, 0.5) is 4.79 Å². The molecular weight excluding hydrogens is 346 g/mol. The second-order valence-corrected chi connectivity index (χ2v) is 7.69. The van der Waals surface area contributed by atoms with Crippen molar-refractivity contribution in [3.63, 3.8) is 0 Å². The van der Waals surface area contributed by atoms with E-state index < -0.39 is 5.60 Å². The highest BCUT2D eigenvalue weighted by atomic mass is 16.6. The van der Waals surface area contributed by atoms with Crippen molar-refractivity contribution in [1.82, 2.24) is 14.4 Å². The molecule has 7 heteroatoms. The molecule has 0 N–H and O–H groups in total. The molecule has 0 bridgehead atoms. The highest BCUT2D eigenvalue weighted by Crippen LogP contribution is 2.33. The zero-order valence-electron chi connectivity index (χ0n) is 16.3. The van der Waals surface area contributed by atoms with Crippen molar-refractivity contribution in [2.45, 2.75) is 51.0 Å². The summed E-state index contributed by atoms with van der Waals surface area (Å²) in [6, 6.07) is 2.98. The molecule has 0 aliphatic carbocycles. The van der Waals surface area contributed by atoms with Gasteiger partial charge in [0.25, 0.3) is 5.91 Å². The van der Waals surface area contributed by atoms with Crippen molar-refractivity contribution in [3.05, 3.63) is 34.2 Å².